The largest absolute Gasteiger partial charge is 0.493 e. The van der Waals surface area contributed by atoms with E-state index >= 15 is 0 Å². The summed E-state index contributed by atoms with van der Waals surface area (Å²) < 4.78 is 7.55. The maximum absolute atomic E-state index is 12.6. The van der Waals surface area contributed by atoms with Crippen molar-refractivity contribution in [1.29, 1.82) is 0 Å². The first-order valence-electron chi connectivity index (χ1n) is 8.80. The van der Waals surface area contributed by atoms with Crippen molar-refractivity contribution < 1.29 is 9.53 Å². The molecule has 1 aromatic carbocycles. The van der Waals surface area contributed by atoms with Crippen LogP contribution in [0.4, 0.5) is 0 Å². The SMILES string of the molecule is Cc1cnn(C[C@H](C)N[C@H](C)C(=O)N[C@@H]2CCOc3ccccc32)c1. The van der Waals surface area contributed by atoms with E-state index in [9.17, 15) is 4.79 Å². The van der Waals surface area contributed by atoms with Crippen LogP contribution < -0.4 is 15.4 Å². The van der Waals surface area contributed by atoms with E-state index in [1.807, 2.05) is 55.2 Å². The Labute approximate surface area is 148 Å². The van der Waals surface area contributed by atoms with Crippen molar-refractivity contribution >= 4 is 5.91 Å². The van der Waals surface area contributed by atoms with Crippen LogP contribution in [0.1, 0.15) is 37.4 Å². The summed E-state index contributed by atoms with van der Waals surface area (Å²) in [5.74, 6) is 0.868. The van der Waals surface area contributed by atoms with Gasteiger partial charge in [0.1, 0.15) is 5.75 Å². The maximum Gasteiger partial charge on any atom is 0.237 e. The number of amides is 1. The Morgan fingerprint density at radius 2 is 2.20 bits per heavy atom. The molecule has 0 bridgehead atoms. The standard InChI is InChI=1S/C19H26N4O2/c1-13-10-20-23(11-13)12-14(2)21-15(3)19(24)22-17-8-9-25-18-7-5-4-6-16(17)18/h4-7,10-11,14-15,17,21H,8-9,12H2,1-3H3,(H,22,24)/t14-,15+,17+/m0/s1. The average Bonchev–Trinajstić information content (AvgIpc) is 2.99. The lowest BCUT2D eigenvalue weighted by Gasteiger charge is -2.28. The number of aromatic nitrogens is 2. The van der Waals surface area contributed by atoms with Crippen LogP contribution in [0, 0.1) is 6.92 Å². The van der Waals surface area contributed by atoms with Crippen molar-refractivity contribution in [2.45, 2.75) is 51.9 Å². The molecule has 25 heavy (non-hydrogen) atoms. The summed E-state index contributed by atoms with van der Waals surface area (Å²) >= 11 is 0. The quantitative estimate of drug-likeness (QED) is 0.844. The number of benzene rings is 1. The van der Waals surface area contributed by atoms with E-state index in [4.69, 9.17) is 4.74 Å². The number of rotatable bonds is 6. The molecule has 6 nitrogen and oxygen atoms in total. The van der Waals surface area contributed by atoms with Gasteiger partial charge in [0.15, 0.2) is 0 Å². The van der Waals surface area contributed by atoms with Crippen LogP contribution in [0.5, 0.6) is 5.75 Å². The van der Waals surface area contributed by atoms with Gasteiger partial charge < -0.3 is 15.4 Å². The molecule has 0 unspecified atom stereocenters. The van der Waals surface area contributed by atoms with Gasteiger partial charge >= 0.3 is 0 Å². The van der Waals surface area contributed by atoms with Gasteiger partial charge in [0.25, 0.3) is 0 Å². The fourth-order valence-electron chi connectivity index (χ4n) is 3.19. The number of carbonyl (C=O) groups excluding carboxylic acids is 1. The molecule has 3 atom stereocenters. The van der Waals surface area contributed by atoms with Gasteiger partial charge in [0.05, 0.1) is 31.4 Å². The lowest BCUT2D eigenvalue weighted by molar-refractivity contribution is -0.123. The van der Waals surface area contributed by atoms with Crippen molar-refractivity contribution in [1.82, 2.24) is 20.4 Å². The topological polar surface area (TPSA) is 68.2 Å². The Bertz CT molecular complexity index is 728. The zero-order chi connectivity index (χ0) is 17.8. The highest BCUT2D eigenvalue weighted by Crippen LogP contribution is 2.31. The molecule has 6 heteroatoms. The van der Waals surface area contributed by atoms with E-state index < -0.39 is 0 Å². The minimum Gasteiger partial charge on any atom is -0.493 e. The predicted octanol–water partition coefficient (Wildman–Crippen LogP) is 2.20. The molecular weight excluding hydrogens is 316 g/mol. The number of aryl methyl sites for hydroxylation is 1. The van der Waals surface area contributed by atoms with Crippen LogP contribution in [0.15, 0.2) is 36.7 Å². The Balaban J connectivity index is 1.54. The van der Waals surface area contributed by atoms with E-state index in [1.165, 1.54) is 0 Å². The van der Waals surface area contributed by atoms with E-state index in [-0.39, 0.29) is 24.0 Å². The van der Waals surface area contributed by atoms with Crippen molar-refractivity contribution in [3.05, 3.63) is 47.8 Å². The van der Waals surface area contributed by atoms with E-state index in [0.29, 0.717) is 6.61 Å². The van der Waals surface area contributed by atoms with Crippen molar-refractivity contribution in [2.75, 3.05) is 6.61 Å². The van der Waals surface area contributed by atoms with Crippen LogP contribution >= 0.6 is 0 Å². The Hall–Kier alpha value is -2.34. The summed E-state index contributed by atoms with van der Waals surface area (Å²) in [7, 11) is 0. The molecular formula is C19H26N4O2. The molecule has 1 aromatic heterocycles. The van der Waals surface area contributed by atoms with Crippen LogP contribution in [0.25, 0.3) is 0 Å². The van der Waals surface area contributed by atoms with Gasteiger partial charge in [-0.3, -0.25) is 9.48 Å². The molecule has 1 aliphatic heterocycles. The highest BCUT2D eigenvalue weighted by atomic mass is 16.5. The second kappa shape index (κ2) is 7.70. The van der Waals surface area contributed by atoms with Crippen LogP contribution in [-0.4, -0.2) is 34.4 Å². The molecule has 1 amide bonds. The number of nitrogens with one attached hydrogen (secondary N) is 2. The first kappa shape index (κ1) is 17.5. The van der Waals surface area contributed by atoms with Crippen molar-refractivity contribution in [3.8, 4) is 5.75 Å². The molecule has 0 radical (unpaired) electrons. The van der Waals surface area contributed by atoms with E-state index in [2.05, 4.69) is 22.7 Å². The number of ether oxygens (including phenoxy) is 1. The molecule has 0 aliphatic carbocycles. The zero-order valence-electron chi connectivity index (χ0n) is 15.0. The smallest absolute Gasteiger partial charge is 0.237 e. The van der Waals surface area contributed by atoms with Gasteiger partial charge in [0, 0.05) is 24.2 Å². The Morgan fingerprint density at radius 3 is 2.96 bits per heavy atom. The average molecular weight is 342 g/mol. The minimum atomic E-state index is -0.276. The monoisotopic (exact) mass is 342 g/mol. The molecule has 134 valence electrons. The summed E-state index contributed by atoms with van der Waals surface area (Å²) in [6.07, 6.45) is 4.63. The van der Waals surface area contributed by atoms with Gasteiger partial charge in [-0.25, -0.2) is 0 Å². The molecule has 1 aliphatic rings. The first-order chi connectivity index (χ1) is 12.0. The van der Waals surface area contributed by atoms with E-state index in [1.54, 1.807) is 0 Å². The van der Waals surface area contributed by atoms with Gasteiger partial charge in [-0.1, -0.05) is 18.2 Å². The van der Waals surface area contributed by atoms with E-state index in [0.717, 1.165) is 29.8 Å². The van der Waals surface area contributed by atoms with Crippen LogP contribution in [0.3, 0.4) is 0 Å². The third-order valence-corrected chi connectivity index (χ3v) is 4.43. The maximum atomic E-state index is 12.6. The summed E-state index contributed by atoms with van der Waals surface area (Å²) in [5.41, 5.74) is 2.19. The fourth-order valence-corrected chi connectivity index (χ4v) is 3.19. The van der Waals surface area contributed by atoms with Gasteiger partial charge in [0.2, 0.25) is 5.91 Å². The lowest BCUT2D eigenvalue weighted by Crippen LogP contribution is -2.48. The Kier molecular flexibility index (Phi) is 5.38. The molecule has 2 heterocycles. The van der Waals surface area contributed by atoms with Gasteiger partial charge in [-0.2, -0.15) is 5.10 Å². The summed E-state index contributed by atoms with van der Waals surface area (Å²) in [6.45, 7) is 7.32. The second-order valence-electron chi connectivity index (χ2n) is 6.77. The number of hydrogen-bond acceptors (Lipinski definition) is 4. The first-order valence-corrected chi connectivity index (χ1v) is 8.80. The number of nitrogens with zero attached hydrogens (tertiary/aromatic N) is 2. The number of carbonyl (C=O) groups is 1. The minimum absolute atomic E-state index is 0.00481. The van der Waals surface area contributed by atoms with Gasteiger partial charge in [-0.15, -0.1) is 0 Å². The summed E-state index contributed by atoms with van der Waals surface area (Å²) in [5, 5.41) is 10.8. The van der Waals surface area contributed by atoms with Crippen molar-refractivity contribution in [3.63, 3.8) is 0 Å². The van der Waals surface area contributed by atoms with Crippen molar-refractivity contribution in [2.24, 2.45) is 0 Å². The second-order valence-corrected chi connectivity index (χ2v) is 6.77. The molecule has 3 rings (SSSR count). The predicted molar refractivity (Wildman–Crippen MR) is 96.5 cm³/mol. The molecule has 2 N–H and O–H groups in total. The highest BCUT2D eigenvalue weighted by Gasteiger charge is 2.25. The zero-order valence-corrected chi connectivity index (χ0v) is 15.0. The number of hydrogen-bond donors (Lipinski definition) is 2. The Morgan fingerprint density at radius 1 is 1.40 bits per heavy atom. The number of para-hydroxylation sites is 1. The normalized spacial score (nSPS) is 18.8. The molecule has 2 aromatic rings. The molecule has 0 saturated carbocycles. The number of fused-ring (bicyclic) bond motifs is 1. The third-order valence-electron chi connectivity index (χ3n) is 4.43. The van der Waals surface area contributed by atoms with Crippen LogP contribution in [-0.2, 0) is 11.3 Å². The summed E-state index contributed by atoms with van der Waals surface area (Å²) in [6, 6.07) is 7.76. The molecule has 0 saturated heterocycles. The highest BCUT2D eigenvalue weighted by molar-refractivity contribution is 5.81. The fraction of sp³-hybridized carbons (Fsp3) is 0.474. The lowest BCUT2D eigenvalue weighted by atomic mass is 10.0. The molecule has 0 fully saturated rings. The van der Waals surface area contributed by atoms with Gasteiger partial charge in [-0.05, 0) is 32.4 Å². The summed E-state index contributed by atoms with van der Waals surface area (Å²) in [4.78, 5) is 12.6. The molecule has 0 spiro atoms. The third kappa shape index (κ3) is 4.39. The van der Waals surface area contributed by atoms with Crippen LogP contribution in [0.2, 0.25) is 0 Å².